The molecule has 3 heteroatoms. The van der Waals surface area contributed by atoms with E-state index >= 15 is 0 Å². The molecule has 0 bridgehead atoms. The van der Waals surface area contributed by atoms with E-state index in [2.05, 4.69) is 0 Å². The number of hydrogen-bond donors (Lipinski definition) is 0. The fourth-order valence-electron chi connectivity index (χ4n) is 1.15. The van der Waals surface area contributed by atoms with Crippen LogP contribution in [0.15, 0.2) is 36.5 Å². The maximum atomic E-state index is 10.7. The highest BCUT2D eigenvalue weighted by atomic mass is 16.6. The third-order valence-corrected chi connectivity index (χ3v) is 2.26. The molecule has 0 N–H and O–H groups in total. The molecule has 3 nitrogen and oxygen atoms in total. The van der Waals surface area contributed by atoms with Crippen molar-refractivity contribution in [2.24, 2.45) is 5.92 Å². The summed E-state index contributed by atoms with van der Waals surface area (Å²) in [5, 5.41) is 10.7. The Morgan fingerprint density at radius 1 is 1.15 bits per heavy atom. The smallest absolute Gasteiger partial charge is 0.226 e. The molecule has 0 saturated carbocycles. The summed E-state index contributed by atoms with van der Waals surface area (Å²) in [4.78, 5) is 10.5. The lowest BCUT2D eigenvalue weighted by atomic mass is 9.88. The van der Waals surface area contributed by atoms with Gasteiger partial charge >= 0.3 is 0 Å². The van der Waals surface area contributed by atoms with Crippen molar-refractivity contribution < 1.29 is 4.92 Å². The maximum absolute atomic E-state index is 10.7. The first-order valence-corrected chi connectivity index (χ1v) is 4.21. The van der Waals surface area contributed by atoms with Gasteiger partial charge in [-0.1, -0.05) is 36.5 Å². The second-order valence-electron chi connectivity index (χ2n) is 3.59. The molecule has 1 rings (SSSR count). The van der Waals surface area contributed by atoms with Crippen LogP contribution in [0.25, 0.3) is 0 Å². The molecule has 1 aliphatic rings. The number of nitro groups is 1. The Morgan fingerprint density at radius 3 is 2.00 bits per heavy atom. The molecule has 0 spiro atoms. The second kappa shape index (κ2) is 3.56. The quantitative estimate of drug-likeness (QED) is 0.482. The van der Waals surface area contributed by atoms with Gasteiger partial charge in [0.1, 0.15) is 0 Å². The topological polar surface area (TPSA) is 43.1 Å². The van der Waals surface area contributed by atoms with E-state index in [1.54, 1.807) is 13.8 Å². The zero-order valence-electron chi connectivity index (χ0n) is 7.81. The minimum atomic E-state index is -0.932. The minimum absolute atomic E-state index is 0.141. The standard InChI is InChI=1S/C10H13NO2/c1-10(2,11(12)13)9-7-5-3-4-6-8-9/h3-9H,1-2H3. The lowest BCUT2D eigenvalue weighted by molar-refractivity contribution is -0.566. The molecule has 0 radical (unpaired) electrons. The highest BCUT2D eigenvalue weighted by molar-refractivity contribution is 5.21. The molecule has 0 saturated heterocycles. The van der Waals surface area contributed by atoms with E-state index in [9.17, 15) is 10.1 Å². The summed E-state index contributed by atoms with van der Waals surface area (Å²) < 4.78 is 0. The zero-order chi connectivity index (χ0) is 9.90. The summed E-state index contributed by atoms with van der Waals surface area (Å²) in [6, 6.07) is 0. The normalized spacial score (nSPS) is 17.4. The van der Waals surface area contributed by atoms with Gasteiger partial charge in [-0.25, -0.2) is 0 Å². The Hall–Kier alpha value is -1.38. The first kappa shape index (κ1) is 9.71. The van der Waals surface area contributed by atoms with Gasteiger partial charge in [-0.2, -0.15) is 0 Å². The Balaban J connectivity index is 2.88. The average molecular weight is 179 g/mol. The van der Waals surface area contributed by atoms with Crippen LogP contribution in [0, 0.1) is 16.0 Å². The predicted octanol–water partition coefficient (Wildman–Crippen LogP) is 2.34. The molecule has 13 heavy (non-hydrogen) atoms. The van der Waals surface area contributed by atoms with E-state index in [-0.39, 0.29) is 10.8 Å². The van der Waals surface area contributed by atoms with Crippen LogP contribution in [0.2, 0.25) is 0 Å². The first-order valence-electron chi connectivity index (χ1n) is 4.21. The van der Waals surface area contributed by atoms with E-state index in [1.807, 2.05) is 36.5 Å². The number of allylic oxidation sites excluding steroid dienone is 4. The molecule has 0 aromatic heterocycles. The van der Waals surface area contributed by atoms with Crippen molar-refractivity contribution >= 4 is 0 Å². The van der Waals surface area contributed by atoms with Crippen molar-refractivity contribution in [3.8, 4) is 0 Å². The van der Waals surface area contributed by atoms with Crippen LogP contribution in [-0.4, -0.2) is 10.5 Å². The molecule has 0 aromatic carbocycles. The third-order valence-electron chi connectivity index (χ3n) is 2.26. The first-order chi connectivity index (χ1) is 6.05. The van der Waals surface area contributed by atoms with Gasteiger partial charge in [0, 0.05) is 18.8 Å². The van der Waals surface area contributed by atoms with Gasteiger partial charge in [0.2, 0.25) is 5.54 Å². The summed E-state index contributed by atoms with van der Waals surface area (Å²) in [7, 11) is 0. The fourth-order valence-corrected chi connectivity index (χ4v) is 1.15. The predicted molar refractivity (Wildman–Crippen MR) is 52.0 cm³/mol. The van der Waals surface area contributed by atoms with Crippen LogP contribution >= 0.6 is 0 Å². The molecular weight excluding hydrogens is 166 g/mol. The molecular formula is C10H13NO2. The largest absolute Gasteiger partial charge is 0.264 e. The Kier molecular flexibility index (Phi) is 2.66. The van der Waals surface area contributed by atoms with Gasteiger partial charge in [0.25, 0.3) is 0 Å². The van der Waals surface area contributed by atoms with Crippen molar-refractivity contribution in [1.82, 2.24) is 0 Å². The van der Waals surface area contributed by atoms with Crippen LogP contribution in [0.4, 0.5) is 0 Å². The monoisotopic (exact) mass is 179 g/mol. The van der Waals surface area contributed by atoms with E-state index in [0.717, 1.165) is 0 Å². The Bertz CT molecular complexity index is 271. The van der Waals surface area contributed by atoms with Crippen LogP contribution < -0.4 is 0 Å². The summed E-state index contributed by atoms with van der Waals surface area (Å²) in [5.41, 5.74) is -0.932. The van der Waals surface area contributed by atoms with E-state index in [1.165, 1.54) is 0 Å². The zero-order valence-corrected chi connectivity index (χ0v) is 7.81. The average Bonchev–Trinajstić information content (AvgIpc) is 2.31. The van der Waals surface area contributed by atoms with Gasteiger partial charge in [-0.05, 0) is 0 Å². The lowest BCUT2D eigenvalue weighted by Gasteiger charge is -2.20. The molecule has 0 amide bonds. The van der Waals surface area contributed by atoms with Crippen molar-refractivity contribution in [2.75, 3.05) is 0 Å². The molecule has 70 valence electrons. The van der Waals surface area contributed by atoms with E-state index < -0.39 is 5.54 Å². The number of nitrogens with zero attached hydrogens (tertiary/aromatic N) is 1. The molecule has 0 aliphatic heterocycles. The maximum Gasteiger partial charge on any atom is 0.226 e. The highest BCUT2D eigenvalue weighted by Crippen LogP contribution is 2.24. The number of hydrogen-bond acceptors (Lipinski definition) is 2. The van der Waals surface area contributed by atoms with E-state index in [0.29, 0.717) is 0 Å². The second-order valence-corrected chi connectivity index (χ2v) is 3.59. The molecule has 0 aromatic rings. The lowest BCUT2D eigenvalue weighted by Crippen LogP contribution is -2.37. The SMILES string of the molecule is CC(C)(C1C=CC=CC=C1)[N+](=O)[O-]. The molecule has 1 aliphatic carbocycles. The summed E-state index contributed by atoms with van der Waals surface area (Å²) in [6.07, 6.45) is 11.1. The van der Waals surface area contributed by atoms with Crippen molar-refractivity contribution in [3.05, 3.63) is 46.6 Å². The van der Waals surface area contributed by atoms with Gasteiger partial charge < -0.3 is 0 Å². The fraction of sp³-hybridized carbons (Fsp3) is 0.400. The molecule has 0 atom stereocenters. The summed E-state index contributed by atoms with van der Waals surface area (Å²) in [5.74, 6) is -0.141. The molecule has 0 heterocycles. The minimum Gasteiger partial charge on any atom is -0.264 e. The van der Waals surface area contributed by atoms with Crippen molar-refractivity contribution in [2.45, 2.75) is 19.4 Å². The van der Waals surface area contributed by atoms with Crippen molar-refractivity contribution in [3.63, 3.8) is 0 Å². The Morgan fingerprint density at radius 2 is 1.62 bits per heavy atom. The van der Waals surface area contributed by atoms with Gasteiger partial charge in [-0.3, -0.25) is 10.1 Å². The third kappa shape index (κ3) is 2.05. The Labute approximate surface area is 77.6 Å². The van der Waals surface area contributed by atoms with Crippen molar-refractivity contribution in [1.29, 1.82) is 0 Å². The number of rotatable bonds is 2. The summed E-state index contributed by atoms with van der Waals surface area (Å²) in [6.45, 7) is 3.27. The van der Waals surface area contributed by atoms with Crippen LogP contribution in [-0.2, 0) is 0 Å². The van der Waals surface area contributed by atoms with E-state index in [4.69, 9.17) is 0 Å². The van der Waals surface area contributed by atoms with Gasteiger partial charge in [0.05, 0.1) is 5.92 Å². The molecule has 0 fully saturated rings. The van der Waals surface area contributed by atoms with Gasteiger partial charge in [-0.15, -0.1) is 0 Å². The summed E-state index contributed by atoms with van der Waals surface area (Å²) >= 11 is 0. The van der Waals surface area contributed by atoms with Crippen LogP contribution in [0.5, 0.6) is 0 Å². The van der Waals surface area contributed by atoms with Gasteiger partial charge in [0.15, 0.2) is 0 Å². The highest BCUT2D eigenvalue weighted by Gasteiger charge is 2.37. The van der Waals surface area contributed by atoms with Crippen LogP contribution in [0.1, 0.15) is 13.8 Å². The van der Waals surface area contributed by atoms with Crippen LogP contribution in [0.3, 0.4) is 0 Å². The molecule has 0 unspecified atom stereocenters.